The molecule has 3 aromatic rings. The quantitative estimate of drug-likeness (QED) is 0.446. The first kappa shape index (κ1) is 20.8. The third-order valence-corrected chi connectivity index (χ3v) is 4.10. The zero-order chi connectivity index (χ0) is 21.2. The van der Waals surface area contributed by atoms with E-state index in [-0.39, 0.29) is 0 Å². The highest BCUT2D eigenvalue weighted by molar-refractivity contribution is 5.98. The number of anilines is 1. The Labute approximate surface area is 175 Å². The molecule has 6 nitrogen and oxygen atoms in total. The van der Waals surface area contributed by atoms with Crippen LogP contribution in [0.2, 0.25) is 0 Å². The molecule has 1 amide bonds. The van der Waals surface area contributed by atoms with E-state index in [1.54, 1.807) is 60.8 Å². The summed E-state index contributed by atoms with van der Waals surface area (Å²) in [5, 5.41) is 2.80. The van der Waals surface area contributed by atoms with E-state index in [1.807, 2.05) is 25.1 Å². The summed E-state index contributed by atoms with van der Waals surface area (Å²) >= 11 is 0. The van der Waals surface area contributed by atoms with Crippen LogP contribution in [-0.4, -0.2) is 23.5 Å². The topological polar surface area (TPSA) is 77.5 Å². The van der Waals surface area contributed by atoms with Gasteiger partial charge >= 0.3 is 5.97 Å². The number of para-hydroxylation sites is 2. The van der Waals surface area contributed by atoms with Gasteiger partial charge in [0.15, 0.2) is 0 Å². The summed E-state index contributed by atoms with van der Waals surface area (Å²) in [4.78, 5) is 29.5. The largest absolute Gasteiger partial charge is 0.492 e. The Hall–Kier alpha value is -3.93. The van der Waals surface area contributed by atoms with Crippen LogP contribution in [-0.2, 0) is 14.3 Å². The molecule has 1 unspecified atom stereocenters. The maximum atomic E-state index is 13.0. The Morgan fingerprint density at radius 2 is 1.73 bits per heavy atom. The summed E-state index contributed by atoms with van der Waals surface area (Å²) in [7, 11) is 0. The SMILES string of the molecule is CCOc1ccccc1NC(=O)C(OC(=O)/C=C/c1ccccn1)c1ccccc1. The molecule has 0 radical (unpaired) electrons. The number of nitrogens with zero attached hydrogens (tertiary/aromatic N) is 1. The Morgan fingerprint density at radius 1 is 1.00 bits per heavy atom. The molecule has 0 aliphatic rings. The summed E-state index contributed by atoms with van der Waals surface area (Å²) in [6.07, 6.45) is 3.29. The third kappa shape index (κ3) is 5.78. The average Bonchev–Trinajstić information content (AvgIpc) is 2.79. The van der Waals surface area contributed by atoms with Gasteiger partial charge < -0.3 is 14.8 Å². The number of benzene rings is 2. The molecule has 1 N–H and O–H groups in total. The van der Waals surface area contributed by atoms with Gasteiger partial charge in [0.25, 0.3) is 5.91 Å². The molecule has 0 saturated carbocycles. The molecule has 6 heteroatoms. The molecule has 0 fully saturated rings. The van der Waals surface area contributed by atoms with Crippen molar-refractivity contribution in [3.63, 3.8) is 0 Å². The second kappa shape index (κ2) is 10.6. The zero-order valence-corrected chi connectivity index (χ0v) is 16.5. The Morgan fingerprint density at radius 3 is 2.47 bits per heavy atom. The molecule has 0 saturated heterocycles. The molecule has 1 heterocycles. The van der Waals surface area contributed by atoms with E-state index in [0.29, 0.717) is 29.3 Å². The van der Waals surface area contributed by atoms with Gasteiger partial charge in [-0.25, -0.2) is 4.79 Å². The molecule has 2 aromatic carbocycles. The fourth-order valence-corrected chi connectivity index (χ4v) is 2.73. The second-order valence-electron chi connectivity index (χ2n) is 6.23. The lowest BCUT2D eigenvalue weighted by atomic mass is 10.1. The van der Waals surface area contributed by atoms with Crippen molar-refractivity contribution in [2.24, 2.45) is 0 Å². The molecule has 0 aliphatic heterocycles. The molecular formula is C24H22N2O4. The maximum Gasteiger partial charge on any atom is 0.331 e. The molecule has 3 rings (SSSR count). The Balaban J connectivity index is 1.78. The summed E-state index contributed by atoms with van der Waals surface area (Å²) < 4.78 is 11.0. The van der Waals surface area contributed by atoms with Crippen molar-refractivity contribution in [2.75, 3.05) is 11.9 Å². The maximum absolute atomic E-state index is 13.0. The van der Waals surface area contributed by atoms with Gasteiger partial charge in [-0.2, -0.15) is 0 Å². The number of esters is 1. The van der Waals surface area contributed by atoms with Crippen molar-refractivity contribution in [2.45, 2.75) is 13.0 Å². The fourth-order valence-electron chi connectivity index (χ4n) is 2.73. The van der Waals surface area contributed by atoms with E-state index in [0.717, 1.165) is 0 Å². The van der Waals surface area contributed by atoms with Gasteiger partial charge in [-0.1, -0.05) is 48.5 Å². The van der Waals surface area contributed by atoms with Crippen molar-refractivity contribution in [1.82, 2.24) is 4.98 Å². The summed E-state index contributed by atoms with van der Waals surface area (Å²) in [6.45, 7) is 2.32. The lowest BCUT2D eigenvalue weighted by molar-refractivity contribution is -0.149. The van der Waals surface area contributed by atoms with E-state index < -0.39 is 18.0 Å². The van der Waals surface area contributed by atoms with Gasteiger partial charge in [-0.15, -0.1) is 0 Å². The van der Waals surface area contributed by atoms with Crippen molar-refractivity contribution in [1.29, 1.82) is 0 Å². The van der Waals surface area contributed by atoms with Crippen LogP contribution in [0.3, 0.4) is 0 Å². The molecule has 0 spiro atoms. The van der Waals surface area contributed by atoms with Crippen molar-refractivity contribution in [3.05, 3.63) is 96.3 Å². The minimum atomic E-state index is -1.12. The van der Waals surface area contributed by atoms with Gasteiger partial charge in [0.05, 0.1) is 18.0 Å². The average molecular weight is 402 g/mol. The predicted molar refractivity (Wildman–Crippen MR) is 115 cm³/mol. The lowest BCUT2D eigenvalue weighted by Crippen LogP contribution is -2.25. The number of nitrogens with one attached hydrogen (secondary N) is 1. The summed E-state index contributed by atoms with van der Waals surface area (Å²) in [5.41, 5.74) is 1.68. The van der Waals surface area contributed by atoms with Gasteiger partial charge in [0.1, 0.15) is 5.75 Å². The van der Waals surface area contributed by atoms with Crippen LogP contribution in [0.4, 0.5) is 5.69 Å². The van der Waals surface area contributed by atoms with E-state index in [9.17, 15) is 9.59 Å². The van der Waals surface area contributed by atoms with E-state index in [4.69, 9.17) is 9.47 Å². The van der Waals surface area contributed by atoms with E-state index >= 15 is 0 Å². The molecule has 30 heavy (non-hydrogen) atoms. The molecule has 0 bridgehead atoms. The number of rotatable bonds is 8. The second-order valence-corrected chi connectivity index (χ2v) is 6.23. The first-order valence-corrected chi connectivity index (χ1v) is 9.54. The predicted octanol–water partition coefficient (Wildman–Crippen LogP) is 4.42. The number of hydrogen-bond acceptors (Lipinski definition) is 5. The highest BCUT2D eigenvalue weighted by atomic mass is 16.5. The number of carbonyl (C=O) groups excluding carboxylic acids is 2. The third-order valence-electron chi connectivity index (χ3n) is 4.10. The highest BCUT2D eigenvalue weighted by Gasteiger charge is 2.25. The van der Waals surface area contributed by atoms with Crippen molar-refractivity contribution in [3.8, 4) is 5.75 Å². The van der Waals surface area contributed by atoms with Crippen LogP contribution in [0.5, 0.6) is 5.75 Å². The molecule has 152 valence electrons. The van der Waals surface area contributed by atoms with Crippen molar-refractivity contribution >= 4 is 23.6 Å². The molecular weight excluding hydrogens is 380 g/mol. The first-order chi connectivity index (χ1) is 14.7. The van der Waals surface area contributed by atoms with E-state index in [2.05, 4.69) is 10.3 Å². The number of pyridine rings is 1. The molecule has 1 aromatic heterocycles. The number of amides is 1. The summed E-state index contributed by atoms with van der Waals surface area (Å²) in [5.74, 6) is -0.586. The summed E-state index contributed by atoms with van der Waals surface area (Å²) in [6, 6.07) is 21.3. The van der Waals surface area contributed by atoms with Crippen LogP contribution >= 0.6 is 0 Å². The van der Waals surface area contributed by atoms with Gasteiger partial charge in [0, 0.05) is 17.8 Å². The lowest BCUT2D eigenvalue weighted by Gasteiger charge is -2.18. The number of ether oxygens (including phenoxy) is 2. The van der Waals surface area contributed by atoms with Gasteiger partial charge in [0.2, 0.25) is 6.10 Å². The Bertz CT molecular complexity index is 1000. The minimum absolute atomic E-state index is 0.461. The van der Waals surface area contributed by atoms with Crippen LogP contribution in [0.25, 0.3) is 6.08 Å². The van der Waals surface area contributed by atoms with Crippen LogP contribution in [0, 0.1) is 0 Å². The number of hydrogen-bond donors (Lipinski definition) is 1. The zero-order valence-electron chi connectivity index (χ0n) is 16.5. The smallest absolute Gasteiger partial charge is 0.331 e. The first-order valence-electron chi connectivity index (χ1n) is 9.54. The monoisotopic (exact) mass is 402 g/mol. The number of carbonyl (C=O) groups is 2. The van der Waals surface area contributed by atoms with E-state index in [1.165, 1.54) is 12.2 Å². The Kier molecular flexibility index (Phi) is 7.33. The van der Waals surface area contributed by atoms with Gasteiger partial charge in [-0.3, -0.25) is 9.78 Å². The highest BCUT2D eigenvalue weighted by Crippen LogP contribution is 2.26. The van der Waals surface area contributed by atoms with Crippen LogP contribution in [0.15, 0.2) is 85.1 Å². The fraction of sp³-hybridized carbons (Fsp3) is 0.125. The minimum Gasteiger partial charge on any atom is -0.492 e. The van der Waals surface area contributed by atoms with Crippen molar-refractivity contribution < 1.29 is 19.1 Å². The van der Waals surface area contributed by atoms with Crippen LogP contribution < -0.4 is 10.1 Å². The number of aromatic nitrogens is 1. The normalized spacial score (nSPS) is 11.6. The van der Waals surface area contributed by atoms with Gasteiger partial charge in [-0.05, 0) is 37.3 Å². The standard InChI is InChI=1S/C24H22N2O4/c1-2-29-21-14-7-6-13-20(21)26-24(28)23(18-10-4-3-5-11-18)30-22(27)16-15-19-12-8-9-17-25-19/h3-17,23H,2H2,1H3,(H,26,28)/b16-15+. The molecule has 1 atom stereocenters. The molecule has 0 aliphatic carbocycles. The van der Waals surface area contributed by atoms with Crippen LogP contribution in [0.1, 0.15) is 24.3 Å².